The summed E-state index contributed by atoms with van der Waals surface area (Å²) < 4.78 is 5.62. The Bertz CT molecular complexity index is 976. The van der Waals surface area contributed by atoms with E-state index in [1.165, 1.54) is 0 Å². The normalized spacial score (nSPS) is 16.2. The summed E-state index contributed by atoms with van der Waals surface area (Å²) in [5.41, 5.74) is 2.79. The van der Waals surface area contributed by atoms with Crippen molar-refractivity contribution < 1.29 is 9.53 Å². The fourth-order valence-electron chi connectivity index (χ4n) is 3.72. The first kappa shape index (κ1) is 19.9. The zero-order valence-corrected chi connectivity index (χ0v) is 17.1. The molecule has 154 valence electrons. The molecule has 2 heterocycles. The van der Waals surface area contributed by atoms with Crippen molar-refractivity contribution in [3.63, 3.8) is 0 Å². The number of nitrogens with one attached hydrogen (secondary N) is 1. The van der Waals surface area contributed by atoms with Crippen LogP contribution in [-0.2, 0) is 4.79 Å². The van der Waals surface area contributed by atoms with Crippen molar-refractivity contribution in [1.29, 1.82) is 0 Å². The van der Waals surface area contributed by atoms with E-state index in [9.17, 15) is 4.79 Å². The van der Waals surface area contributed by atoms with Crippen molar-refractivity contribution in [3.8, 4) is 16.9 Å². The number of hydrogen-bond acceptors (Lipinski definition) is 5. The van der Waals surface area contributed by atoms with E-state index in [-0.39, 0.29) is 11.8 Å². The first-order chi connectivity index (χ1) is 14.7. The predicted octanol–water partition coefficient (Wildman–Crippen LogP) is 4.40. The third-order valence-corrected chi connectivity index (χ3v) is 5.27. The number of hydrogen-bond donors (Lipinski definition) is 1. The summed E-state index contributed by atoms with van der Waals surface area (Å²) in [4.78, 5) is 24.1. The Balaban J connectivity index is 1.42. The topological polar surface area (TPSA) is 67.3 Å². The third kappa shape index (κ3) is 4.59. The van der Waals surface area contributed by atoms with Crippen LogP contribution in [0.3, 0.4) is 0 Å². The largest absolute Gasteiger partial charge is 0.492 e. The van der Waals surface area contributed by atoms with Crippen LogP contribution in [0.5, 0.6) is 5.75 Å². The first-order valence-electron chi connectivity index (χ1n) is 10.4. The van der Waals surface area contributed by atoms with Gasteiger partial charge in [0.25, 0.3) is 0 Å². The van der Waals surface area contributed by atoms with Crippen LogP contribution >= 0.6 is 0 Å². The lowest BCUT2D eigenvalue weighted by Gasteiger charge is -2.32. The maximum Gasteiger partial charge on any atom is 0.229 e. The highest BCUT2D eigenvalue weighted by atomic mass is 16.5. The van der Waals surface area contributed by atoms with Crippen LogP contribution in [0, 0.1) is 5.92 Å². The lowest BCUT2D eigenvalue weighted by atomic mass is 9.97. The van der Waals surface area contributed by atoms with Crippen LogP contribution in [0.4, 0.5) is 11.6 Å². The van der Waals surface area contributed by atoms with Gasteiger partial charge in [0, 0.05) is 31.0 Å². The van der Waals surface area contributed by atoms with E-state index in [0.29, 0.717) is 30.5 Å². The second-order valence-corrected chi connectivity index (χ2v) is 7.34. The molecule has 0 saturated carbocycles. The lowest BCUT2D eigenvalue weighted by Crippen LogP contribution is -2.41. The Morgan fingerprint density at radius 1 is 1.07 bits per heavy atom. The van der Waals surface area contributed by atoms with Crippen LogP contribution in [0.25, 0.3) is 11.1 Å². The second-order valence-electron chi connectivity index (χ2n) is 7.34. The smallest absolute Gasteiger partial charge is 0.229 e. The van der Waals surface area contributed by atoms with E-state index >= 15 is 0 Å². The number of carbonyl (C=O) groups excluding carboxylic acids is 1. The molecule has 1 fully saturated rings. The van der Waals surface area contributed by atoms with E-state index < -0.39 is 0 Å². The van der Waals surface area contributed by atoms with Crippen LogP contribution in [0.2, 0.25) is 0 Å². The number of piperidine rings is 1. The fraction of sp³-hybridized carbons (Fsp3) is 0.292. The molecule has 1 amide bonds. The summed E-state index contributed by atoms with van der Waals surface area (Å²) in [6.07, 6.45) is 5.47. The van der Waals surface area contributed by atoms with E-state index in [2.05, 4.69) is 20.2 Å². The standard InChI is InChI=1S/C24H26N4O2/c1-2-30-22-13-7-6-12-21(22)27-23(29)19-11-8-14-28(17-19)24-25-15-20(16-26-24)18-9-4-3-5-10-18/h3-7,9-10,12-13,15-16,19H,2,8,11,14,17H2,1H3,(H,27,29)/t19-/m1/s1. The van der Waals surface area contributed by atoms with Crippen LogP contribution in [0.15, 0.2) is 67.0 Å². The van der Waals surface area contributed by atoms with Gasteiger partial charge in [-0.15, -0.1) is 0 Å². The van der Waals surface area contributed by atoms with Crippen LogP contribution < -0.4 is 15.0 Å². The zero-order valence-electron chi connectivity index (χ0n) is 17.1. The molecule has 0 spiro atoms. The molecule has 6 nitrogen and oxygen atoms in total. The number of amides is 1. The molecular formula is C24H26N4O2. The highest BCUT2D eigenvalue weighted by Gasteiger charge is 2.27. The molecule has 1 aliphatic rings. The summed E-state index contributed by atoms with van der Waals surface area (Å²) >= 11 is 0. The third-order valence-electron chi connectivity index (χ3n) is 5.27. The van der Waals surface area contributed by atoms with Crippen molar-refractivity contribution in [3.05, 3.63) is 67.0 Å². The average Bonchev–Trinajstić information content (AvgIpc) is 2.81. The Labute approximate surface area is 176 Å². The maximum absolute atomic E-state index is 12.9. The maximum atomic E-state index is 12.9. The van der Waals surface area contributed by atoms with Crippen molar-refractivity contribution in [1.82, 2.24) is 9.97 Å². The van der Waals surface area contributed by atoms with E-state index in [1.54, 1.807) is 0 Å². The molecule has 1 aromatic heterocycles. The van der Waals surface area contributed by atoms with Gasteiger partial charge in [-0.1, -0.05) is 42.5 Å². The molecule has 1 atom stereocenters. The monoisotopic (exact) mass is 402 g/mol. The summed E-state index contributed by atoms with van der Waals surface area (Å²) in [5.74, 6) is 1.25. The highest BCUT2D eigenvalue weighted by Crippen LogP contribution is 2.27. The molecule has 2 aromatic carbocycles. The molecule has 0 bridgehead atoms. The predicted molar refractivity (Wildman–Crippen MR) is 119 cm³/mol. The molecule has 0 radical (unpaired) electrons. The molecule has 30 heavy (non-hydrogen) atoms. The minimum atomic E-state index is -0.120. The Morgan fingerprint density at radius 3 is 2.57 bits per heavy atom. The van der Waals surface area contributed by atoms with Gasteiger partial charge in [-0.2, -0.15) is 0 Å². The van der Waals surface area contributed by atoms with Gasteiger partial charge < -0.3 is 15.0 Å². The van der Waals surface area contributed by atoms with Gasteiger partial charge >= 0.3 is 0 Å². The van der Waals surface area contributed by atoms with Gasteiger partial charge in [0.1, 0.15) is 5.75 Å². The lowest BCUT2D eigenvalue weighted by molar-refractivity contribution is -0.120. The summed E-state index contributed by atoms with van der Waals surface area (Å²) in [5, 5.41) is 3.04. The number of para-hydroxylation sites is 2. The van der Waals surface area contributed by atoms with Crippen molar-refractivity contribution in [2.75, 3.05) is 29.9 Å². The van der Waals surface area contributed by atoms with E-state index in [1.807, 2.05) is 73.9 Å². The summed E-state index contributed by atoms with van der Waals surface area (Å²) in [6.45, 7) is 3.94. The van der Waals surface area contributed by atoms with Crippen LogP contribution in [-0.4, -0.2) is 35.6 Å². The number of aromatic nitrogens is 2. The Kier molecular flexibility index (Phi) is 6.23. The molecule has 1 saturated heterocycles. The van der Waals surface area contributed by atoms with Crippen molar-refractivity contribution in [2.24, 2.45) is 5.92 Å². The molecular weight excluding hydrogens is 376 g/mol. The molecule has 1 N–H and O–H groups in total. The molecule has 4 rings (SSSR count). The summed E-state index contributed by atoms with van der Waals surface area (Å²) in [7, 11) is 0. The average molecular weight is 402 g/mol. The van der Waals surface area contributed by atoms with Crippen molar-refractivity contribution >= 4 is 17.5 Å². The highest BCUT2D eigenvalue weighted by molar-refractivity contribution is 5.94. The van der Waals surface area contributed by atoms with Gasteiger partial charge in [0.05, 0.1) is 18.2 Å². The minimum Gasteiger partial charge on any atom is -0.492 e. The van der Waals surface area contributed by atoms with E-state index in [4.69, 9.17) is 4.74 Å². The van der Waals surface area contributed by atoms with Gasteiger partial charge in [0.15, 0.2) is 0 Å². The number of nitrogens with zero attached hydrogens (tertiary/aromatic N) is 3. The van der Waals surface area contributed by atoms with Gasteiger partial charge in [0.2, 0.25) is 11.9 Å². The number of ether oxygens (including phenoxy) is 1. The van der Waals surface area contributed by atoms with Gasteiger partial charge in [-0.05, 0) is 37.5 Å². The summed E-state index contributed by atoms with van der Waals surface area (Å²) in [6, 6.07) is 17.6. The van der Waals surface area contributed by atoms with E-state index in [0.717, 1.165) is 30.5 Å². The number of rotatable bonds is 6. The van der Waals surface area contributed by atoms with Gasteiger partial charge in [-0.25, -0.2) is 9.97 Å². The molecule has 3 aromatic rings. The van der Waals surface area contributed by atoms with Gasteiger partial charge in [-0.3, -0.25) is 4.79 Å². The van der Waals surface area contributed by atoms with Crippen molar-refractivity contribution in [2.45, 2.75) is 19.8 Å². The quantitative estimate of drug-likeness (QED) is 0.662. The molecule has 0 aliphatic carbocycles. The first-order valence-corrected chi connectivity index (χ1v) is 10.4. The molecule has 0 unspecified atom stereocenters. The number of anilines is 2. The molecule has 1 aliphatic heterocycles. The molecule has 6 heteroatoms. The SMILES string of the molecule is CCOc1ccccc1NC(=O)[C@@H]1CCCN(c2ncc(-c3ccccc3)cn2)C1. The zero-order chi connectivity index (χ0) is 20.8. The second kappa shape index (κ2) is 9.39. The Morgan fingerprint density at radius 2 is 1.80 bits per heavy atom. The minimum absolute atomic E-state index is 0.00718. The number of benzene rings is 2. The van der Waals surface area contributed by atoms with Crippen LogP contribution in [0.1, 0.15) is 19.8 Å². The number of carbonyl (C=O) groups is 1. The fourth-order valence-corrected chi connectivity index (χ4v) is 3.72. The Hall–Kier alpha value is -3.41.